The summed E-state index contributed by atoms with van der Waals surface area (Å²) in [6, 6.07) is -0.485. The Morgan fingerprint density at radius 3 is 1.80 bits per heavy atom. The van der Waals surface area contributed by atoms with E-state index < -0.39 is 6.04 Å². The first-order valence-electron chi connectivity index (χ1n) is 1.07. The third-order valence-corrected chi connectivity index (χ3v) is 2.41. The van der Waals surface area contributed by atoms with Gasteiger partial charge in [-0.2, -0.15) is 0 Å². The molecule has 0 N–H and O–H groups in total. The standard InChI is InChI=1S/C2H3Br2Si/c1-2-5(3)4/h2H,1H2. The summed E-state index contributed by atoms with van der Waals surface area (Å²) in [6.45, 7) is 3.51. The summed E-state index contributed by atoms with van der Waals surface area (Å²) in [5.74, 6) is 0. The average molecular weight is 215 g/mol. The molecule has 0 aliphatic rings. The van der Waals surface area contributed by atoms with Gasteiger partial charge in [-0.15, -0.1) is 37.2 Å². The van der Waals surface area contributed by atoms with Gasteiger partial charge in [-0.3, -0.25) is 0 Å². The first-order valence-corrected chi connectivity index (χ1v) is 7.17. The molecule has 0 saturated heterocycles. The molecule has 0 saturated carbocycles. The molecule has 0 bridgehead atoms. The average Bonchev–Trinajstić information content (AvgIpc) is 1.38. The van der Waals surface area contributed by atoms with E-state index in [-0.39, 0.29) is 0 Å². The summed E-state index contributed by atoms with van der Waals surface area (Å²) in [5, 5.41) is 0. The second kappa shape index (κ2) is 3.12. The first kappa shape index (κ1) is 5.92. The van der Waals surface area contributed by atoms with Crippen LogP contribution in [0, 0.1) is 0 Å². The molecule has 0 aromatic heterocycles. The fourth-order valence-corrected chi connectivity index (χ4v) is 0. The van der Waals surface area contributed by atoms with E-state index in [0.29, 0.717) is 0 Å². The highest BCUT2D eigenvalue weighted by atomic mass is 79.9. The Balaban J connectivity index is 2.83. The van der Waals surface area contributed by atoms with Crippen molar-refractivity contribution in [1.29, 1.82) is 0 Å². The van der Waals surface area contributed by atoms with E-state index in [1.807, 2.05) is 5.70 Å². The minimum Gasteiger partial charge on any atom is -0.107 e. The zero-order valence-corrected chi connectivity index (χ0v) is 6.71. The van der Waals surface area contributed by atoms with Crippen LogP contribution in [0.1, 0.15) is 0 Å². The molecule has 0 atom stereocenters. The molecule has 0 fully saturated rings. The molecular weight excluding hydrogens is 212 g/mol. The molecule has 0 spiro atoms. The predicted molar refractivity (Wildman–Crippen MR) is 33.8 cm³/mol. The van der Waals surface area contributed by atoms with Gasteiger partial charge >= 0.3 is 0 Å². The van der Waals surface area contributed by atoms with Crippen molar-refractivity contribution in [3.05, 3.63) is 12.3 Å². The van der Waals surface area contributed by atoms with Crippen LogP contribution in [0.2, 0.25) is 0 Å². The van der Waals surface area contributed by atoms with E-state index in [4.69, 9.17) is 0 Å². The van der Waals surface area contributed by atoms with Crippen LogP contribution in [0.15, 0.2) is 12.3 Å². The fraction of sp³-hybridized carbons (Fsp3) is 0. The van der Waals surface area contributed by atoms with Crippen molar-refractivity contribution in [3.8, 4) is 0 Å². The molecule has 0 aromatic rings. The van der Waals surface area contributed by atoms with Crippen LogP contribution < -0.4 is 0 Å². The highest BCUT2D eigenvalue weighted by Gasteiger charge is 1.86. The van der Waals surface area contributed by atoms with Crippen LogP contribution in [0.5, 0.6) is 0 Å². The third kappa shape index (κ3) is 4.92. The molecular formula is C2H3Br2Si. The second-order valence-corrected chi connectivity index (χ2v) is 9.80. The zero-order valence-electron chi connectivity index (χ0n) is 2.54. The lowest BCUT2D eigenvalue weighted by Crippen LogP contribution is -1.76. The molecule has 0 aromatic carbocycles. The molecule has 5 heavy (non-hydrogen) atoms. The highest BCUT2D eigenvalue weighted by molar-refractivity contribution is 9.49. The predicted octanol–water partition coefficient (Wildman–Crippen LogP) is 1.99. The van der Waals surface area contributed by atoms with E-state index in [9.17, 15) is 0 Å². The molecule has 0 amide bonds. The summed E-state index contributed by atoms with van der Waals surface area (Å²) in [4.78, 5) is 0. The Morgan fingerprint density at radius 1 is 1.60 bits per heavy atom. The minimum absolute atomic E-state index is 0.485. The van der Waals surface area contributed by atoms with Crippen molar-refractivity contribution in [1.82, 2.24) is 0 Å². The van der Waals surface area contributed by atoms with Crippen LogP contribution in [0.25, 0.3) is 0 Å². The maximum Gasteiger partial charge on any atom is 0.241 e. The van der Waals surface area contributed by atoms with Crippen LogP contribution in [0.4, 0.5) is 0 Å². The van der Waals surface area contributed by atoms with Crippen molar-refractivity contribution >= 4 is 36.6 Å². The van der Waals surface area contributed by atoms with Crippen LogP contribution in [0.3, 0.4) is 0 Å². The summed E-state index contributed by atoms with van der Waals surface area (Å²) >= 11 is 6.55. The first-order chi connectivity index (χ1) is 2.27. The van der Waals surface area contributed by atoms with Crippen molar-refractivity contribution in [2.45, 2.75) is 0 Å². The van der Waals surface area contributed by atoms with Gasteiger partial charge in [-0.1, -0.05) is 5.70 Å². The molecule has 0 aliphatic heterocycles. The van der Waals surface area contributed by atoms with Crippen LogP contribution >= 0.6 is 30.6 Å². The van der Waals surface area contributed by atoms with Crippen LogP contribution in [-0.4, -0.2) is 6.04 Å². The largest absolute Gasteiger partial charge is 0.241 e. The van der Waals surface area contributed by atoms with Crippen molar-refractivity contribution in [2.75, 3.05) is 0 Å². The molecule has 0 heterocycles. The maximum absolute atomic E-state index is 3.51. The number of rotatable bonds is 1. The Hall–Kier alpha value is 0.917. The van der Waals surface area contributed by atoms with E-state index in [1.165, 1.54) is 0 Å². The molecule has 0 aliphatic carbocycles. The normalized spacial score (nSPS) is 8.60. The number of hydrogen-bond donors (Lipinski definition) is 0. The number of halogens is 2. The van der Waals surface area contributed by atoms with Gasteiger partial charge in [-0.05, 0) is 0 Å². The lowest BCUT2D eigenvalue weighted by molar-refractivity contribution is 2.61. The Morgan fingerprint density at radius 2 is 1.80 bits per heavy atom. The molecule has 0 nitrogen and oxygen atoms in total. The van der Waals surface area contributed by atoms with Crippen molar-refractivity contribution in [2.24, 2.45) is 0 Å². The smallest absolute Gasteiger partial charge is 0.107 e. The Kier molecular flexibility index (Phi) is 3.69. The fourth-order valence-electron chi connectivity index (χ4n) is 0. The Bertz CT molecular complexity index is 34.6. The van der Waals surface area contributed by atoms with Gasteiger partial charge in [0.1, 0.15) is 0 Å². The van der Waals surface area contributed by atoms with E-state index >= 15 is 0 Å². The molecule has 1 radical (unpaired) electrons. The van der Waals surface area contributed by atoms with Gasteiger partial charge in [0.2, 0.25) is 6.04 Å². The second-order valence-electron chi connectivity index (χ2n) is 0.494. The monoisotopic (exact) mass is 213 g/mol. The lowest BCUT2D eigenvalue weighted by Gasteiger charge is -1.73. The van der Waals surface area contributed by atoms with E-state index in [2.05, 4.69) is 37.2 Å². The molecule has 0 unspecified atom stereocenters. The molecule has 0 rings (SSSR count). The molecule has 29 valence electrons. The summed E-state index contributed by atoms with van der Waals surface area (Å²) < 4.78 is 0. The minimum atomic E-state index is -0.485. The van der Waals surface area contributed by atoms with Gasteiger partial charge in [0.25, 0.3) is 0 Å². The maximum atomic E-state index is 3.51. The van der Waals surface area contributed by atoms with E-state index in [0.717, 1.165) is 0 Å². The van der Waals surface area contributed by atoms with Crippen molar-refractivity contribution < 1.29 is 0 Å². The van der Waals surface area contributed by atoms with Gasteiger partial charge in [-0.25, -0.2) is 0 Å². The molecule has 3 heteroatoms. The Labute approximate surface area is 49.0 Å². The topological polar surface area (TPSA) is 0 Å². The lowest BCUT2D eigenvalue weighted by atomic mass is 11.3. The van der Waals surface area contributed by atoms with Crippen LogP contribution in [-0.2, 0) is 0 Å². The van der Waals surface area contributed by atoms with Gasteiger partial charge in [0, 0.05) is 0 Å². The summed E-state index contributed by atoms with van der Waals surface area (Å²) in [6.07, 6.45) is 0. The highest BCUT2D eigenvalue weighted by Crippen LogP contribution is 2.00. The van der Waals surface area contributed by atoms with Gasteiger partial charge in [0.05, 0.1) is 0 Å². The SMILES string of the molecule is C=C[Si](Br)Br. The van der Waals surface area contributed by atoms with Gasteiger partial charge < -0.3 is 0 Å². The van der Waals surface area contributed by atoms with Gasteiger partial charge in [0.15, 0.2) is 0 Å². The number of hydrogen-bond acceptors (Lipinski definition) is 0. The quantitative estimate of drug-likeness (QED) is 0.463. The zero-order chi connectivity index (χ0) is 4.28. The summed E-state index contributed by atoms with van der Waals surface area (Å²) in [7, 11) is 0. The summed E-state index contributed by atoms with van der Waals surface area (Å²) in [5.41, 5.74) is 1.85. The van der Waals surface area contributed by atoms with Crippen molar-refractivity contribution in [3.63, 3.8) is 0 Å². The van der Waals surface area contributed by atoms with E-state index in [1.54, 1.807) is 0 Å². The third-order valence-electron chi connectivity index (χ3n) is 0.154.